The van der Waals surface area contributed by atoms with Crippen LogP contribution in [0.4, 0.5) is 20.6 Å². The van der Waals surface area contributed by atoms with Crippen molar-refractivity contribution in [1.82, 2.24) is 0 Å². The zero-order valence-electron chi connectivity index (χ0n) is 13.1. The number of hydrogen-bond acceptors (Lipinski definition) is 4. The zero-order chi connectivity index (χ0) is 17.0. The predicted octanol–water partition coefficient (Wildman–Crippen LogP) is 5.03. The summed E-state index contributed by atoms with van der Waals surface area (Å²) in [7, 11) is 0. The molecule has 0 aliphatic carbocycles. The second-order valence-electron chi connectivity index (χ2n) is 5.88. The van der Waals surface area contributed by atoms with Gasteiger partial charge in [-0.2, -0.15) is 0 Å². The molecule has 0 fully saturated rings. The number of carbonyl (C=O) groups excluding carboxylic acids is 1. The van der Waals surface area contributed by atoms with Crippen LogP contribution < -0.4 is 10.6 Å². The normalized spacial score (nSPS) is 11.2. The Hall–Kier alpha value is -2.21. The minimum atomic E-state index is -0.716. The molecule has 0 atom stereocenters. The van der Waals surface area contributed by atoms with Gasteiger partial charge in [-0.25, -0.2) is 9.18 Å². The molecule has 0 radical (unpaired) electrons. The number of ether oxygens (including phenoxy) is 1. The Morgan fingerprint density at radius 2 is 2.04 bits per heavy atom. The van der Waals surface area contributed by atoms with Crippen molar-refractivity contribution >= 4 is 29.1 Å². The second kappa shape index (κ2) is 6.91. The van der Waals surface area contributed by atoms with Crippen LogP contribution in [0.15, 0.2) is 34.7 Å². The fourth-order valence-electron chi connectivity index (χ4n) is 1.78. The van der Waals surface area contributed by atoms with Gasteiger partial charge in [0.25, 0.3) is 0 Å². The van der Waals surface area contributed by atoms with E-state index in [2.05, 4.69) is 10.6 Å². The lowest BCUT2D eigenvalue weighted by molar-refractivity contribution is 0.0635. The van der Waals surface area contributed by atoms with E-state index in [1.54, 1.807) is 39.0 Å². The summed E-state index contributed by atoms with van der Waals surface area (Å²) in [5.41, 5.74) is -0.0127. The van der Waals surface area contributed by atoms with Crippen molar-refractivity contribution in [3.05, 3.63) is 47.1 Å². The Bertz CT molecular complexity index is 695. The van der Waals surface area contributed by atoms with E-state index in [4.69, 9.17) is 20.8 Å². The summed E-state index contributed by atoms with van der Waals surface area (Å²) in [6, 6.07) is 7.66. The Kier molecular flexibility index (Phi) is 5.15. The summed E-state index contributed by atoms with van der Waals surface area (Å²) < 4.78 is 24.1. The number of anilines is 2. The van der Waals surface area contributed by atoms with Crippen LogP contribution in [0.1, 0.15) is 26.5 Å². The number of amides is 1. The van der Waals surface area contributed by atoms with Gasteiger partial charge in [-0.15, -0.1) is 0 Å². The Balaban J connectivity index is 2.02. The molecule has 1 heterocycles. The Morgan fingerprint density at radius 3 is 2.65 bits per heavy atom. The van der Waals surface area contributed by atoms with Gasteiger partial charge in [-0.05, 0) is 62.7 Å². The first kappa shape index (κ1) is 17.1. The molecule has 0 aliphatic heterocycles. The van der Waals surface area contributed by atoms with Gasteiger partial charge in [0.2, 0.25) is 0 Å². The minimum Gasteiger partial charge on any atom is -0.448 e. The first-order valence-corrected chi connectivity index (χ1v) is 7.38. The van der Waals surface area contributed by atoms with E-state index in [0.29, 0.717) is 23.2 Å². The third-order valence-electron chi connectivity index (χ3n) is 2.70. The molecule has 124 valence electrons. The van der Waals surface area contributed by atoms with E-state index in [1.807, 2.05) is 0 Å². The van der Waals surface area contributed by atoms with E-state index >= 15 is 0 Å². The smallest absolute Gasteiger partial charge is 0.412 e. The van der Waals surface area contributed by atoms with Crippen LogP contribution in [0.5, 0.6) is 0 Å². The Labute approximate surface area is 138 Å². The molecule has 2 aromatic rings. The number of hydrogen-bond donors (Lipinski definition) is 2. The molecule has 1 amide bonds. The van der Waals surface area contributed by atoms with Crippen LogP contribution in [0.3, 0.4) is 0 Å². The van der Waals surface area contributed by atoms with Crippen LogP contribution in [-0.4, -0.2) is 11.7 Å². The summed E-state index contributed by atoms with van der Waals surface area (Å²) in [6.07, 6.45) is -0.716. The van der Waals surface area contributed by atoms with E-state index in [0.717, 1.165) is 0 Å². The average Bonchev–Trinajstić information content (AvgIpc) is 2.83. The van der Waals surface area contributed by atoms with E-state index in [-0.39, 0.29) is 5.69 Å². The number of nitrogens with one attached hydrogen (secondary N) is 2. The van der Waals surface area contributed by atoms with Crippen LogP contribution >= 0.6 is 11.6 Å². The lowest BCUT2D eigenvalue weighted by Gasteiger charge is -2.20. The first-order chi connectivity index (χ1) is 10.7. The summed E-state index contributed by atoms with van der Waals surface area (Å²) in [6.45, 7) is 5.57. The van der Waals surface area contributed by atoms with Gasteiger partial charge in [0, 0.05) is 5.69 Å². The highest BCUT2D eigenvalue weighted by Crippen LogP contribution is 2.22. The number of rotatable bonds is 4. The number of carbonyl (C=O) groups is 1. The van der Waals surface area contributed by atoms with Crippen LogP contribution in [0.2, 0.25) is 5.22 Å². The molecule has 1 aromatic heterocycles. The highest BCUT2D eigenvalue weighted by Gasteiger charge is 2.17. The topological polar surface area (TPSA) is 63.5 Å². The molecule has 0 saturated carbocycles. The summed E-state index contributed by atoms with van der Waals surface area (Å²) >= 11 is 5.69. The maximum Gasteiger partial charge on any atom is 0.412 e. The van der Waals surface area contributed by atoms with Gasteiger partial charge in [-0.3, -0.25) is 5.32 Å². The minimum absolute atomic E-state index is 0.0294. The van der Waals surface area contributed by atoms with Gasteiger partial charge < -0.3 is 14.5 Å². The molecule has 23 heavy (non-hydrogen) atoms. The van der Waals surface area contributed by atoms with Gasteiger partial charge in [0.15, 0.2) is 5.22 Å². The predicted molar refractivity (Wildman–Crippen MR) is 87.3 cm³/mol. The first-order valence-electron chi connectivity index (χ1n) is 7.00. The van der Waals surface area contributed by atoms with Gasteiger partial charge in [-0.1, -0.05) is 0 Å². The quantitative estimate of drug-likeness (QED) is 0.819. The van der Waals surface area contributed by atoms with Gasteiger partial charge in [0.1, 0.15) is 17.2 Å². The van der Waals surface area contributed by atoms with Crippen molar-refractivity contribution in [2.75, 3.05) is 10.6 Å². The van der Waals surface area contributed by atoms with E-state index < -0.39 is 17.5 Å². The molecular weight excluding hydrogens is 323 g/mol. The Morgan fingerprint density at radius 1 is 1.30 bits per heavy atom. The molecule has 0 aliphatic rings. The van der Waals surface area contributed by atoms with Crippen molar-refractivity contribution in [3.8, 4) is 0 Å². The van der Waals surface area contributed by atoms with Crippen molar-refractivity contribution < 1.29 is 18.3 Å². The summed E-state index contributed by atoms with van der Waals surface area (Å²) in [5.74, 6) is 0.0865. The number of halogens is 2. The van der Waals surface area contributed by atoms with Crippen molar-refractivity contribution in [3.63, 3.8) is 0 Å². The molecule has 0 saturated heterocycles. The fraction of sp³-hybridized carbons (Fsp3) is 0.312. The van der Waals surface area contributed by atoms with Crippen molar-refractivity contribution in [2.45, 2.75) is 32.9 Å². The van der Waals surface area contributed by atoms with Crippen LogP contribution in [0.25, 0.3) is 0 Å². The number of furan rings is 1. The number of benzene rings is 1. The third-order valence-corrected chi connectivity index (χ3v) is 2.90. The molecule has 7 heteroatoms. The van der Waals surface area contributed by atoms with Crippen LogP contribution in [-0.2, 0) is 11.3 Å². The maximum absolute atomic E-state index is 13.8. The molecule has 0 bridgehead atoms. The molecule has 0 spiro atoms. The summed E-state index contributed by atoms with van der Waals surface area (Å²) in [5, 5.41) is 5.74. The lowest BCUT2D eigenvalue weighted by Crippen LogP contribution is -2.27. The maximum atomic E-state index is 13.8. The molecular formula is C16H18ClFN2O3. The van der Waals surface area contributed by atoms with E-state index in [9.17, 15) is 9.18 Å². The highest BCUT2D eigenvalue weighted by atomic mass is 35.5. The SMILES string of the molecule is CC(C)(C)OC(=O)Nc1cc(NCc2ccc(Cl)o2)ccc1F. The second-order valence-corrected chi connectivity index (χ2v) is 6.25. The highest BCUT2D eigenvalue weighted by molar-refractivity contribution is 6.28. The standard InChI is InChI=1S/C16H18ClFN2O3/c1-16(2,3)23-15(21)20-13-8-10(4-6-12(13)18)19-9-11-5-7-14(17)22-11/h4-8,19H,9H2,1-3H3,(H,20,21). The molecule has 2 N–H and O–H groups in total. The molecule has 5 nitrogen and oxygen atoms in total. The van der Waals surface area contributed by atoms with Crippen LogP contribution in [0, 0.1) is 5.82 Å². The third kappa shape index (κ3) is 5.49. The largest absolute Gasteiger partial charge is 0.448 e. The zero-order valence-corrected chi connectivity index (χ0v) is 13.8. The average molecular weight is 341 g/mol. The summed E-state index contributed by atoms with van der Waals surface area (Å²) in [4.78, 5) is 11.7. The lowest BCUT2D eigenvalue weighted by atomic mass is 10.2. The van der Waals surface area contributed by atoms with Crippen molar-refractivity contribution in [1.29, 1.82) is 0 Å². The monoisotopic (exact) mass is 340 g/mol. The molecule has 2 rings (SSSR count). The molecule has 0 unspecified atom stereocenters. The molecule has 1 aromatic carbocycles. The fourth-order valence-corrected chi connectivity index (χ4v) is 1.94. The van der Waals surface area contributed by atoms with Gasteiger partial charge >= 0.3 is 6.09 Å². The van der Waals surface area contributed by atoms with Crippen molar-refractivity contribution in [2.24, 2.45) is 0 Å². The van der Waals surface area contributed by atoms with Gasteiger partial charge in [0.05, 0.1) is 12.2 Å². The van der Waals surface area contributed by atoms with E-state index in [1.165, 1.54) is 12.1 Å².